The Morgan fingerprint density at radius 3 is 0.596 bits per heavy atom. The van der Waals surface area contributed by atoms with Gasteiger partial charge >= 0.3 is 39.5 Å². The van der Waals surface area contributed by atoms with Gasteiger partial charge in [-0.25, -0.2) is 9.13 Å². The molecule has 0 aliphatic heterocycles. The van der Waals surface area contributed by atoms with Gasteiger partial charge in [0.25, 0.3) is 0 Å². The van der Waals surface area contributed by atoms with E-state index >= 15 is 0 Å². The minimum Gasteiger partial charge on any atom is -0.462 e. The Hall–Kier alpha value is -1.94. The maximum absolute atomic E-state index is 13.2. The molecule has 0 aromatic heterocycles. The van der Waals surface area contributed by atoms with Crippen molar-refractivity contribution in [2.45, 2.75) is 541 Å². The predicted octanol–water partition coefficient (Wildman–Crippen LogP) is 29.9. The second kappa shape index (κ2) is 87.4. The molecule has 0 bridgehead atoms. The van der Waals surface area contributed by atoms with Crippen molar-refractivity contribution in [2.24, 2.45) is 5.92 Å². The molecule has 0 aliphatic rings. The number of phosphoric acid groups is 2. The van der Waals surface area contributed by atoms with Crippen molar-refractivity contribution in [3.63, 3.8) is 0 Å². The van der Waals surface area contributed by atoms with Gasteiger partial charge in [-0.1, -0.05) is 471 Å². The highest BCUT2D eigenvalue weighted by atomic mass is 31.2. The lowest BCUT2D eigenvalue weighted by molar-refractivity contribution is -0.161. The Balaban J connectivity index is 5.19. The zero-order chi connectivity index (χ0) is 83.3. The summed E-state index contributed by atoms with van der Waals surface area (Å²) in [6, 6.07) is 0. The lowest BCUT2D eigenvalue weighted by atomic mass is 10.0. The van der Waals surface area contributed by atoms with E-state index in [1.165, 1.54) is 340 Å². The summed E-state index contributed by atoms with van der Waals surface area (Å²) in [5.74, 6) is -1.39. The first-order chi connectivity index (χ1) is 55.5. The van der Waals surface area contributed by atoms with Crippen molar-refractivity contribution < 1.29 is 80.2 Å². The van der Waals surface area contributed by atoms with Crippen LogP contribution in [-0.2, 0) is 65.4 Å². The van der Waals surface area contributed by atoms with Crippen LogP contribution in [0.3, 0.4) is 0 Å². The Morgan fingerprint density at radius 1 is 0.237 bits per heavy atom. The van der Waals surface area contributed by atoms with E-state index in [0.717, 1.165) is 96.3 Å². The second-order valence-electron chi connectivity index (χ2n) is 34.6. The van der Waals surface area contributed by atoms with Crippen LogP contribution < -0.4 is 0 Å². The molecule has 0 fully saturated rings. The van der Waals surface area contributed by atoms with Gasteiger partial charge in [0.15, 0.2) is 12.2 Å². The predicted molar refractivity (Wildman–Crippen MR) is 474 cm³/mol. The molecule has 114 heavy (non-hydrogen) atoms. The molecule has 678 valence electrons. The van der Waals surface area contributed by atoms with Crippen molar-refractivity contribution in [1.29, 1.82) is 0 Å². The van der Waals surface area contributed by atoms with Crippen LogP contribution in [0.4, 0.5) is 0 Å². The normalized spacial score (nSPS) is 13.6. The highest BCUT2D eigenvalue weighted by Crippen LogP contribution is 2.45. The van der Waals surface area contributed by atoms with Gasteiger partial charge in [0, 0.05) is 25.7 Å². The largest absolute Gasteiger partial charge is 0.472 e. The molecule has 3 N–H and O–H groups in total. The molecular formula is C95H186O17P2. The summed E-state index contributed by atoms with van der Waals surface area (Å²) in [5, 5.41) is 10.7. The highest BCUT2D eigenvalue weighted by molar-refractivity contribution is 7.47. The smallest absolute Gasteiger partial charge is 0.462 e. The van der Waals surface area contributed by atoms with Crippen LogP contribution in [0.2, 0.25) is 0 Å². The van der Waals surface area contributed by atoms with Gasteiger partial charge in [-0.3, -0.25) is 37.3 Å². The fraction of sp³-hybridized carbons (Fsp3) is 0.958. The average molecular weight is 1660 g/mol. The van der Waals surface area contributed by atoms with E-state index in [9.17, 15) is 43.2 Å². The Morgan fingerprint density at radius 2 is 0.404 bits per heavy atom. The summed E-state index contributed by atoms with van der Waals surface area (Å²) in [6.07, 6.45) is 85.2. The number of esters is 4. The lowest BCUT2D eigenvalue weighted by Crippen LogP contribution is -2.30. The molecular weight excluding hydrogens is 1470 g/mol. The number of hydrogen-bond donors (Lipinski definition) is 3. The second-order valence-corrected chi connectivity index (χ2v) is 37.5. The van der Waals surface area contributed by atoms with Crippen molar-refractivity contribution in [3.05, 3.63) is 0 Å². The van der Waals surface area contributed by atoms with Gasteiger partial charge in [-0.2, -0.15) is 0 Å². The van der Waals surface area contributed by atoms with E-state index in [0.29, 0.717) is 31.6 Å². The van der Waals surface area contributed by atoms with Crippen molar-refractivity contribution in [2.75, 3.05) is 39.6 Å². The van der Waals surface area contributed by atoms with E-state index in [2.05, 4.69) is 34.6 Å². The first-order valence-corrected chi connectivity index (χ1v) is 52.1. The Kier molecular flexibility index (Phi) is 85.9. The Bertz CT molecular complexity index is 2150. The minimum atomic E-state index is -4.97. The van der Waals surface area contributed by atoms with Gasteiger partial charge in [-0.05, 0) is 31.6 Å². The number of carbonyl (C=O) groups is 4. The molecule has 2 unspecified atom stereocenters. The van der Waals surface area contributed by atoms with Crippen LogP contribution in [-0.4, -0.2) is 96.7 Å². The summed E-state index contributed by atoms with van der Waals surface area (Å²) in [5.41, 5.74) is 0. The zero-order valence-corrected chi connectivity index (χ0v) is 77.0. The highest BCUT2D eigenvalue weighted by Gasteiger charge is 2.31. The third kappa shape index (κ3) is 87.9. The van der Waals surface area contributed by atoms with Crippen molar-refractivity contribution in [3.8, 4) is 0 Å². The van der Waals surface area contributed by atoms with Gasteiger partial charge in [-0.15, -0.1) is 0 Å². The van der Waals surface area contributed by atoms with Crippen LogP contribution in [0.5, 0.6) is 0 Å². The minimum absolute atomic E-state index is 0.109. The quantitative estimate of drug-likeness (QED) is 0.0222. The molecule has 0 heterocycles. The molecule has 0 saturated heterocycles. The third-order valence-corrected chi connectivity index (χ3v) is 24.4. The molecule has 0 amide bonds. The number of aliphatic hydroxyl groups is 1. The number of carbonyl (C=O) groups excluding carboxylic acids is 4. The monoisotopic (exact) mass is 1660 g/mol. The zero-order valence-electron chi connectivity index (χ0n) is 75.2. The molecule has 17 nitrogen and oxygen atoms in total. The molecule has 19 heteroatoms. The molecule has 0 rings (SSSR count). The van der Waals surface area contributed by atoms with E-state index in [1.807, 2.05) is 0 Å². The molecule has 0 aromatic rings. The van der Waals surface area contributed by atoms with Crippen molar-refractivity contribution >= 4 is 39.5 Å². The number of rotatable bonds is 95. The number of ether oxygens (including phenoxy) is 4. The molecule has 5 atom stereocenters. The summed E-state index contributed by atoms with van der Waals surface area (Å²) in [4.78, 5) is 73.5. The fourth-order valence-corrected chi connectivity index (χ4v) is 16.6. The molecule has 0 aliphatic carbocycles. The number of hydrogen-bond acceptors (Lipinski definition) is 15. The van der Waals surface area contributed by atoms with Crippen LogP contribution in [0.1, 0.15) is 523 Å². The van der Waals surface area contributed by atoms with Gasteiger partial charge in [0.1, 0.15) is 19.3 Å². The van der Waals surface area contributed by atoms with Gasteiger partial charge < -0.3 is 33.8 Å². The maximum atomic E-state index is 13.2. The van der Waals surface area contributed by atoms with Crippen LogP contribution >= 0.6 is 15.6 Å². The fourth-order valence-electron chi connectivity index (χ4n) is 15.1. The van der Waals surface area contributed by atoms with E-state index in [4.69, 9.17) is 37.0 Å². The maximum Gasteiger partial charge on any atom is 0.472 e. The molecule has 0 radical (unpaired) electrons. The number of phosphoric ester groups is 2. The average Bonchev–Trinajstić information content (AvgIpc) is 0.896. The first-order valence-electron chi connectivity index (χ1n) is 49.1. The summed E-state index contributed by atoms with van der Waals surface area (Å²) < 4.78 is 69.1. The molecule has 0 spiro atoms. The van der Waals surface area contributed by atoms with Gasteiger partial charge in [0.2, 0.25) is 0 Å². The van der Waals surface area contributed by atoms with Crippen LogP contribution in [0, 0.1) is 5.92 Å². The van der Waals surface area contributed by atoms with E-state index in [-0.39, 0.29) is 25.7 Å². The first kappa shape index (κ1) is 112. The topological polar surface area (TPSA) is 237 Å². The SMILES string of the molecule is CCCCCCCCCCCCCCCCCCCCCCCCC(=O)O[C@H](COC(=O)CCCCCCCCCCCCCCCCCCCCCCC)COP(=O)(O)OC[C@@H](O)COP(=O)(O)OC[C@@H](COC(=O)CCCCCCCCCC(C)C)OC(=O)CCCCCCCCCCCCCCCCCCCCCCC. The molecule has 0 aromatic carbocycles. The number of unbranched alkanes of at least 4 members (excludes halogenated alkanes) is 67. The van der Waals surface area contributed by atoms with Crippen molar-refractivity contribution in [1.82, 2.24) is 0 Å². The van der Waals surface area contributed by atoms with Crippen LogP contribution in [0.25, 0.3) is 0 Å². The third-order valence-electron chi connectivity index (χ3n) is 22.5. The lowest BCUT2D eigenvalue weighted by Gasteiger charge is -2.21. The standard InChI is InChI=1S/C95H186O17P2/c1-6-9-12-15-18-21-24-27-30-33-36-39-42-45-48-51-54-57-60-65-70-75-80-94(99)111-90(84-105-92(97)78-73-68-63-58-55-52-49-46-43-40-37-34-31-28-25-22-19-16-13-10-7-2)86-109-113(101,102)107-82-89(96)83-108-114(103,104)110-87-91(85-106-93(98)79-74-69-66-61-62-67-72-77-88(4)5)112-95(100)81-76-71-64-59-56-53-50-47-44-41-38-35-32-29-26-23-20-17-14-11-8-3/h88-91,96H,6-87H2,1-5H3,(H,101,102)(H,103,104)/t89-,90-,91-/m1/s1. The van der Waals surface area contributed by atoms with Gasteiger partial charge in [0.05, 0.1) is 26.4 Å². The van der Waals surface area contributed by atoms with E-state index < -0.39 is 97.5 Å². The Labute approximate surface area is 702 Å². The summed E-state index contributed by atoms with van der Waals surface area (Å²) in [6.45, 7) is 7.35. The summed E-state index contributed by atoms with van der Waals surface area (Å²) in [7, 11) is -9.94. The van der Waals surface area contributed by atoms with E-state index in [1.54, 1.807) is 0 Å². The molecule has 0 saturated carbocycles. The van der Waals surface area contributed by atoms with Crippen LogP contribution in [0.15, 0.2) is 0 Å². The number of aliphatic hydroxyl groups excluding tert-OH is 1. The summed E-state index contributed by atoms with van der Waals surface area (Å²) >= 11 is 0.